The van der Waals surface area contributed by atoms with Crippen LogP contribution in [0.5, 0.6) is 11.5 Å². The number of ether oxygens (including phenoxy) is 3. The van der Waals surface area contributed by atoms with Gasteiger partial charge in [0.1, 0.15) is 0 Å². The lowest BCUT2D eigenvalue weighted by molar-refractivity contribution is -0.129. The average Bonchev–Trinajstić information content (AvgIpc) is 3.16. The Bertz CT molecular complexity index is 1250. The van der Waals surface area contributed by atoms with Crippen molar-refractivity contribution in [3.63, 3.8) is 0 Å². The minimum atomic E-state index is -0.576. The van der Waals surface area contributed by atoms with Gasteiger partial charge in [-0.05, 0) is 82.8 Å². The lowest BCUT2D eigenvalue weighted by Gasteiger charge is -2.12. The summed E-state index contributed by atoms with van der Waals surface area (Å²) in [5.41, 5.74) is 1.72. The van der Waals surface area contributed by atoms with Crippen LogP contribution in [0.25, 0.3) is 6.08 Å². The van der Waals surface area contributed by atoms with E-state index in [1.807, 2.05) is 24.3 Å². The molecular weight excluding hydrogens is 545 g/mol. The van der Waals surface area contributed by atoms with Crippen molar-refractivity contribution in [2.24, 2.45) is 4.99 Å². The molecule has 8 heteroatoms. The summed E-state index contributed by atoms with van der Waals surface area (Å²) in [7, 11) is 1.43. The van der Waals surface area contributed by atoms with Crippen LogP contribution in [-0.2, 0) is 9.53 Å². The van der Waals surface area contributed by atoms with E-state index >= 15 is 0 Å². The number of carbonyl (C=O) groups excluding carboxylic acids is 2. The number of aliphatic imine (C=N–C) groups is 1. The maximum absolute atomic E-state index is 12.4. The second kappa shape index (κ2) is 9.54. The summed E-state index contributed by atoms with van der Waals surface area (Å²) >= 11 is 8.56. The van der Waals surface area contributed by atoms with Crippen molar-refractivity contribution in [2.45, 2.75) is 0 Å². The first kappa shape index (κ1) is 22.0. The number of cyclic esters (lactones) is 1. The first-order valence-electron chi connectivity index (χ1n) is 9.38. The fourth-order valence-corrected chi connectivity index (χ4v) is 3.55. The molecular formula is C24H15ClINO5. The van der Waals surface area contributed by atoms with Gasteiger partial charge >= 0.3 is 11.9 Å². The van der Waals surface area contributed by atoms with Gasteiger partial charge in [0.2, 0.25) is 5.90 Å². The normalized spacial score (nSPS) is 14.2. The molecule has 0 N–H and O–H groups in total. The summed E-state index contributed by atoms with van der Waals surface area (Å²) in [5.74, 6) is -0.593. The maximum Gasteiger partial charge on any atom is 0.363 e. The predicted molar refractivity (Wildman–Crippen MR) is 129 cm³/mol. The molecule has 0 unspecified atom stereocenters. The van der Waals surface area contributed by atoms with E-state index in [1.165, 1.54) is 13.2 Å². The minimum absolute atomic E-state index is 0.0854. The summed E-state index contributed by atoms with van der Waals surface area (Å²) in [5, 5.41) is 0.147. The van der Waals surface area contributed by atoms with Gasteiger partial charge in [-0.2, -0.15) is 0 Å². The molecule has 1 heterocycles. The smallest absolute Gasteiger partial charge is 0.363 e. The summed E-state index contributed by atoms with van der Waals surface area (Å²) in [6, 6.07) is 19.1. The monoisotopic (exact) mass is 559 g/mol. The van der Waals surface area contributed by atoms with Crippen LogP contribution < -0.4 is 9.47 Å². The number of benzene rings is 3. The molecule has 4 rings (SSSR count). The van der Waals surface area contributed by atoms with Crippen molar-refractivity contribution in [3.8, 4) is 11.5 Å². The highest BCUT2D eigenvalue weighted by atomic mass is 127. The summed E-state index contributed by atoms with van der Waals surface area (Å²) < 4.78 is 17.1. The topological polar surface area (TPSA) is 74.2 Å². The molecule has 0 atom stereocenters. The van der Waals surface area contributed by atoms with Crippen molar-refractivity contribution in [1.29, 1.82) is 0 Å². The Morgan fingerprint density at radius 1 is 1.09 bits per heavy atom. The van der Waals surface area contributed by atoms with E-state index in [9.17, 15) is 9.59 Å². The Morgan fingerprint density at radius 2 is 1.81 bits per heavy atom. The van der Waals surface area contributed by atoms with Crippen LogP contribution in [0.3, 0.4) is 0 Å². The van der Waals surface area contributed by atoms with Crippen molar-refractivity contribution in [2.75, 3.05) is 7.11 Å². The van der Waals surface area contributed by atoms with Crippen LogP contribution in [0.1, 0.15) is 21.5 Å². The molecule has 1 aliphatic heterocycles. The quantitative estimate of drug-likeness (QED) is 0.178. The Labute approximate surface area is 202 Å². The number of hydrogen-bond donors (Lipinski definition) is 0. The zero-order valence-corrected chi connectivity index (χ0v) is 19.6. The molecule has 0 aromatic heterocycles. The van der Waals surface area contributed by atoms with E-state index in [-0.39, 0.29) is 28.1 Å². The fourth-order valence-electron chi connectivity index (χ4n) is 2.93. The molecule has 6 nitrogen and oxygen atoms in total. The Balaban J connectivity index is 1.62. The van der Waals surface area contributed by atoms with Gasteiger partial charge in [0, 0.05) is 9.13 Å². The number of hydrogen-bond acceptors (Lipinski definition) is 6. The van der Waals surface area contributed by atoms with Gasteiger partial charge in [-0.1, -0.05) is 29.8 Å². The molecule has 160 valence electrons. The van der Waals surface area contributed by atoms with Gasteiger partial charge in [0.25, 0.3) is 0 Å². The van der Waals surface area contributed by atoms with Gasteiger partial charge in [0.05, 0.1) is 17.7 Å². The highest BCUT2D eigenvalue weighted by Gasteiger charge is 2.25. The molecule has 0 aliphatic carbocycles. The van der Waals surface area contributed by atoms with E-state index in [0.717, 1.165) is 3.57 Å². The number of nitrogens with zero attached hydrogens (tertiary/aromatic N) is 1. The van der Waals surface area contributed by atoms with Crippen LogP contribution in [0.15, 0.2) is 77.4 Å². The van der Waals surface area contributed by atoms with Gasteiger partial charge in [-0.25, -0.2) is 14.6 Å². The summed E-state index contributed by atoms with van der Waals surface area (Å²) in [4.78, 5) is 29.0. The molecule has 0 saturated heterocycles. The largest absolute Gasteiger partial charge is 0.493 e. The Kier molecular flexibility index (Phi) is 6.57. The van der Waals surface area contributed by atoms with E-state index in [4.69, 9.17) is 25.8 Å². The summed E-state index contributed by atoms with van der Waals surface area (Å²) in [6.07, 6.45) is 1.53. The second-order valence-electron chi connectivity index (χ2n) is 6.63. The third-order valence-corrected chi connectivity index (χ3v) is 5.47. The zero-order valence-electron chi connectivity index (χ0n) is 16.7. The average molecular weight is 560 g/mol. The van der Waals surface area contributed by atoms with Crippen LogP contribution in [0.4, 0.5) is 0 Å². The predicted octanol–water partition coefficient (Wildman–Crippen LogP) is 5.52. The third-order valence-electron chi connectivity index (χ3n) is 4.47. The lowest BCUT2D eigenvalue weighted by atomic mass is 10.1. The molecule has 0 saturated carbocycles. The molecule has 32 heavy (non-hydrogen) atoms. The van der Waals surface area contributed by atoms with Crippen LogP contribution in [0, 0.1) is 3.57 Å². The standard InChI is InChI=1S/C24H15ClINO5/c1-30-20-13-14(11-18(25)21(20)31-23(28)16-5-3-2-4-6-16)12-19-24(29)32-22(27-19)15-7-9-17(26)10-8-15/h2-13H,1H3/b19-12-. The number of esters is 2. The van der Waals surface area contributed by atoms with Gasteiger partial charge < -0.3 is 14.2 Å². The van der Waals surface area contributed by atoms with Crippen LogP contribution in [-0.4, -0.2) is 24.9 Å². The van der Waals surface area contributed by atoms with Gasteiger partial charge in [0.15, 0.2) is 17.2 Å². The van der Waals surface area contributed by atoms with E-state index in [2.05, 4.69) is 27.6 Å². The number of halogens is 2. The molecule has 0 amide bonds. The number of carbonyl (C=O) groups is 2. The van der Waals surface area contributed by atoms with Crippen molar-refractivity contribution >= 4 is 58.1 Å². The Hall–Kier alpha value is -3.17. The highest BCUT2D eigenvalue weighted by Crippen LogP contribution is 2.38. The van der Waals surface area contributed by atoms with Gasteiger partial charge in [-0.15, -0.1) is 0 Å². The van der Waals surface area contributed by atoms with Gasteiger partial charge in [-0.3, -0.25) is 0 Å². The first-order valence-corrected chi connectivity index (χ1v) is 10.8. The van der Waals surface area contributed by atoms with Crippen molar-refractivity contribution < 1.29 is 23.8 Å². The van der Waals surface area contributed by atoms with Crippen molar-refractivity contribution in [1.82, 2.24) is 0 Å². The molecule has 3 aromatic rings. The molecule has 3 aromatic carbocycles. The SMILES string of the molecule is COc1cc(/C=C2\N=C(c3ccc(I)cc3)OC2=O)cc(Cl)c1OC(=O)c1ccccc1. The highest BCUT2D eigenvalue weighted by molar-refractivity contribution is 14.1. The Morgan fingerprint density at radius 3 is 2.50 bits per heavy atom. The van der Waals surface area contributed by atoms with Crippen LogP contribution in [0.2, 0.25) is 5.02 Å². The molecule has 0 spiro atoms. The maximum atomic E-state index is 12.4. The van der Waals surface area contributed by atoms with E-state index < -0.39 is 11.9 Å². The minimum Gasteiger partial charge on any atom is -0.493 e. The number of methoxy groups -OCH3 is 1. The second-order valence-corrected chi connectivity index (χ2v) is 8.29. The number of rotatable bonds is 5. The zero-order chi connectivity index (χ0) is 22.7. The molecule has 0 radical (unpaired) electrons. The third kappa shape index (κ3) is 4.84. The summed E-state index contributed by atoms with van der Waals surface area (Å²) in [6.45, 7) is 0. The van der Waals surface area contributed by atoms with Crippen molar-refractivity contribution in [3.05, 3.63) is 97.7 Å². The van der Waals surface area contributed by atoms with E-state index in [0.29, 0.717) is 16.7 Å². The molecule has 0 bridgehead atoms. The first-order chi connectivity index (χ1) is 15.4. The molecule has 1 aliphatic rings. The van der Waals surface area contributed by atoms with Crippen LogP contribution >= 0.6 is 34.2 Å². The molecule has 0 fully saturated rings. The fraction of sp³-hybridized carbons (Fsp3) is 0.0417. The lowest BCUT2D eigenvalue weighted by Crippen LogP contribution is -2.09. The van der Waals surface area contributed by atoms with E-state index in [1.54, 1.807) is 42.5 Å².